The number of carboxylic acids is 1. The van der Waals surface area contributed by atoms with Gasteiger partial charge in [-0.1, -0.05) is 0 Å². The van der Waals surface area contributed by atoms with Crippen molar-refractivity contribution in [3.63, 3.8) is 0 Å². The summed E-state index contributed by atoms with van der Waals surface area (Å²) in [5, 5.41) is 12.7. The number of hydrogen-bond donors (Lipinski definition) is 3. The Morgan fingerprint density at radius 1 is 1.38 bits per heavy atom. The molecule has 0 amide bonds. The highest BCUT2D eigenvalue weighted by Gasteiger charge is 2.15. The van der Waals surface area contributed by atoms with Crippen molar-refractivity contribution < 1.29 is 18.3 Å². The first-order chi connectivity index (χ1) is 9.77. The summed E-state index contributed by atoms with van der Waals surface area (Å²) in [5.74, 6) is -1.94. The molecule has 9 heteroatoms. The molecule has 0 saturated carbocycles. The van der Waals surface area contributed by atoms with E-state index >= 15 is 0 Å². The molecule has 0 aliphatic heterocycles. The van der Waals surface area contributed by atoms with Crippen LogP contribution in [0.1, 0.15) is 5.69 Å². The van der Waals surface area contributed by atoms with Gasteiger partial charge in [0, 0.05) is 11.8 Å². The average Bonchev–Trinajstić information content (AvgIpc) is 2.67. The normalized spacial score (nSPS) is 11.3. The first-order valence-corrected chi connectivity index (χ1v) is 7.57. The van der Waals surface area contributed by atoms with Crippen LogP contribution in [0.15, 0.2) is 30.3 Å². The van der Waals surface area contributed by atoms with Crippen molar-refractivity contribution in [2.75, 3.05) is 16.2 Å². The van der Waals surface area contributed by atoms with Crippen molar-refractivity contribution in [2.45, 2.75) is 6.92 Å². The highest BCUT2D eigenvalue weighted by Crippen LogP contribution is 2.17. The first kappa shape index (κ1) is 14.9. The number of nitrogens with zero attached hydrogens (tertiary/aromatic N) is 2. The minimum absolute atomic E-state index is 0.266. The van der Waals surface area contributed by atoms with E-state index in [1.807, 2.05) is 0 Å². The number of rotatable bonds is 5. The maximum Gasteiger partial charge on any atom is 0.320 e. The van der Waals surface area contributed by atoms with Crippen LogP contribution in [0, 0.1) is 6.92 Å². The van der Waals surface area contributed by atoms with Crippen LogP contribution in [0.3, 0.4) is 0 Å². The minimum atomic E-state index is -3.91. The molecule has 21 heavy (non-hydrogen) atoms. The van der Waals surface area contributed by atoms with Crippen LogP contribution >= 0.6 is 0 Å². The fraction of sp³-hybridized carbons (Fsp3) is 0.167. The fourth-order valence-corrected chi connectivity index (χ4v) is 2.67. The van der Waals surface area contributed by atoms with Crippen LogP contribution in [-0.2, 0) is 14.8 Å². The van der Waals surface area contributed by atoms with E-state index < -0.39 is 21.7 Å². The number of anilines is 2. The lowest BCUT2D eigenvalue weighted by Crippen LogP contribution is -2.22. The summed E-state index contributed by atoms with van der Waals surface area (Å²) >= 11 is 0. The molecule has 1 heterocycles. The maximum absolute atomic E-state index is 11.5. The zero-order chi connectivity index (χ0) is 15.6. The zero-order valence-corrected chi connectivity index (χ0v) is 12.0. The molecule has 1 aromatic heterocycles. The number of hydrogen-bond acceptors (Lipinski definition) is 5. The van der Waals surface area contributed by atoms with Crippen LogP contribution in [0.5, 0.6) is 0 Å². The molecule has 2 rings (SSSR count). The number of sulfonamides is 1. The molecule has 0 saturated heterocycles. The van der Waals surface area contributed by atoms with E-state index in [2.05, 4.69) is 9.82 Å². The standard InChI is InChI=1S/C12H14N4O4S/c1-8-6-11(13)16(14-8)10-4-2-9(3-5-10)15-21(19,20)7-12(17)18/h2-6,15H,7,13H2,1H3,(H,17,18). The van der Waals surface area contributed by atoms with Gasteiger partial charge in [-0.2, -0.15) is 5.10 Å². The van der Waals surface area contributed by atoms with Crippen molar-refractivity contribution in [1.82, 2.24) is 9.78 Å². The summed E-state index contributed by atoms with van der Waals surface area (Å²) in [7, 11) is -3.91. The van der Waals surface area contributed by atoms with Gasteiger partial charge >= 0.3 is 5.97 Å². The van der Waals surface area contributed by atoms with Gasteiger partial charge in [-0.3, -0.25) is 9.52 Å². The van der Waals surface area contributed by atoms with E-state index in [0.717, 1.165) is 5.69 Å². The summed E-state index contributed by atoms with van der Waals surface area (Å²) in [6.07, 6.45) is 0. The number of aromatic nitrogens is 2. The van der Waals surface area contributed by atoms with Gasteiger partial charge in [0.1, 0.15) is 5.82 Å². The number of nitrogen functional groups attached to an aromatic ring is 1. The quantitative estimate of drug-likeness (QED) is 0.741. The molecule has 0 bridgehead atoms. The number of carbonyl (C=O) groups is 1. The van der Waals surface area contributed by atoms with Gasteiger partial charge in [0.2, 0.25) is 10.0 Å². The predicted octanol–water partition coefficient (Wildman–Crippen LogP) is 0.589. The Morgan fingerprint density at radius 2 is 2.00 bits per heavy atom. The van der Waals surface area contributed by atoms with E-state index in [-0.39, 0.29) is 5.69 Å². The lowest BCUT2D eigenvalue weighted by atomic mass is 10.3. The van der Waals surface area contributed by atoms with Crippen LogP contribution in [0.4, 0.5) is 11.5 Å². The van der Waals surface area contributed by atoms with Gasteiger partial charge in [-0.15, -0.1) is 0 Å². The van der Waals surface area contributed by atoms with Crippen molar-refractivity contribution in [2.24, 2.45) is 0 Å². The second-order valence-electron chi connectivity index (χ2n) is 4.42. The molecule has 0 atom stereocenters. The summed E-state index contributed by atoms with van der Waals surface area (Å²) < 4.78 is 26.7. The smallest absolute Gasteiger partial charge is 0.320 e. The summed E-state index contributed by atoms with van der Waals surface area (Å²) in [4.78, 5) is 10.4. The summed E-state index contributed by atoms with van der Waals surface area (Å²) in [6.45, 7) is 1.81. The van der Waals surface area contributed by atoms with E-state index in [4.69, 9.17) is 10.8 Å². The largest absolute Gasteiger partial charge is 0.480 e. The molecular weight excluding hydrogens is 296 g/mol. The van der Waals surface area contributed by atoms with Gasteiger partial charge in [0.25, 0.3) is 0 Å². The molecule has 112 valence electrons. The lowest BCUT2D eigenvalue weighted by molar-refractivity contribution is -0.134. The molecule has 0 radical (unpaired) electrons. The number of aliphatic carboxylic acids is 1. The van der Waals surface area contributed by atoms with Crippen molar-refractivity contribution in [3.05, 3.63) is 36.0 Å². The van der Waals surface area contributed by atoms with Crippen LogP contribution in [0.25, 0.3) is 5.69 Å². The highest BCUT2D eigenvalue weighted by atomic mass is 32.2. The molecular formula is C12H14N4O4S. The Labute approximate surface area is 121 Å². The van der Waals surface area contributed by atoms with Gasteiger partial charge < -0.3 is 10.8 Å². The third-order valence-corrected chi connectivity index (χ3v) is 3.73. The van der Waals surface area contributed by atoms with E-state index in [1.165, 1.54) is 16.8 Å². The zero-order valence-electron chi connectivity index (χ0n) is 11.1. The van der Waals surface area contributed by atoms with E-state index in [1.54, 1.807) is 25.1 Å². The molecule has 0 aliphatic carbocycles. The lowest BCUT2D eigenvalue weighted by Gasteiger charge is -2.08. The Bertz CT molecular complexity index is 765. The van der Waals surface area contributed by atoms with E-state index in [0.29, 0.717) is 11.5 Å². The van der Waals surface area contributed by atoms with Crippen LogP contribution < -0.4 is 10.5 Å². The molecule has 0 aliphatic rings. The number of nitrogens with one attached hydrogen (secondary N) is 1. The van der Waals surface area contributed by atoms with Gasteiger partial charge in [-0.25, -0.2) is 13.1 Å². The highest BCUT2D eigenvalue weighted by molar-refractivity contribution is 7.93. The number of nitrogens with two attached hydrogens (primary N) is 1. The summed E-state index contributed by atoms with van der Waals surface area (Å²) in [6, 6.07) is 7.97. The minimum Gasteiger partial charge on any atom is -0.480 e. The Hall–Kier alpha value is -2.55. The number of benzene rings is 1. The molecule has 4 N–H and O–H groups in total. The fourth-order valence-electron chi connectivity index (χ4n) is 1.78. The Morgan fingerprint density at radius 3 is 2.48 bits per heavy atom. The molecule has 1 aromatic carbocycles. The van der Waals surface area contributed by atoms with Crippen molar-refractivity contribution in [3.8, 4) is 5.69 Å². The SMILES string of the molecule is Cc1cc(N)n(-c2ccc(NS(=O)(=O)CC(=O)O)cc2)n1. The summed E-state index contributed by atoms with van der Waals surface area (Å²) in [5.41, 5.74) is 7.49. The second kappa shape index (κ2) is 5.44. The molecule has 2 aromatic rings. The van der Waals surface area contributed by atoms with Gasteiger partial charge in [-0.05, 0) is 31.2 Å². The molecule has 8 nitrogen and oxygen atoms in total. The van der Waals surface area contributed by atoms with Gasteiger partial charge in [0.15, 0.2) is 5.75 Å². The van der Waals surface area contributed by atoms with Gasteiger partial charge in [0.05, 0.1) is 11.4 Å². The van der Waals surface area contributed by atoms with E-state index in [9.17, 15) is 13.2 Å². The molecule has 0 fully saturated rings. The molecule has 0 unspecified atom stereocenters. The predicted molar refractivity (Wildman–Crippen MR) is 77.8 cm³/mol. The van der Waals surface area contributed by atoms with Crippen molar-refractivity contribution in [1.29, 1.82) is 0 Å². The second-order valence-corrected chi connectivity index (χ2v) is 6.15. The topological polar surface area (TPSA) is 127 Å². The monoisotopic (exact) mass is 310 g/mol. The van der Waals surface area contributed by atoms with Crippen LogP contribution in [-0.4, -0.2) is 35.0 Å². The Kier molecular flexibility index (Phi) is 3.85. The maximum atomic E-state index is 11.5. The third-order valence-electron chi connectivity index (χ3n) is 2.56. The first-order valence-electron chi connectivity index (χ1n) is 5.92. The Balaban J connectivity index is 2.20. The third kappa shape index (κ3) is 3.72. The molecule has 0 spiro atoms. The number of aryl methyl sites for hydroxylation is 1. The van der Waals surface area contributed by atoms with Crippen molar-refractivity contribution >= 4 is 27.5 Å². The average molecular weight is 310 g/mol. The van der Waals surface area contributed by atoms with Crippen LogP contribution in [0.2, 0.25) is 0 Å². The number of carboxylic acid groups (broad SMARTS) is 1.